The van der Waals surface area contributed by atoms with E-state index in [0.717, 1.165) is 21.1 Å². The Bertz CT molecular complexity index is 656. The van der Waals surface area contributed by atoms with Crippen molar-refractivity contribution >= 4 is 50.7 Å². The number of nitro groups is 1. The van der Waals surface area contributed by atoms with Gasteiger partial charge in [0.1, 0.15) is 4.88 Å². The smallest absolute Gasteiger partial charge is 0.345 e. The molecule has 1 heterocycles. The van der Waals surface area contributed by atoms with Gasteiger partial charge in [-0.25, -0.2) is 4.79 Å². The van der Waals surface area contributed by atoms with Crippen molar-refractivity contribution in [1.29, 1.82) is 0 Å². The minimum absolute atomic E-state index is 0.00719. The molecule has 0 fully saturated rings. The lowest BCUT2D eigenvalue weighted by Crippen LogP contribution is -1.90. The number of nitro benzene ring substituents is 1. The second-order valence-electron chi connectivity index (χ2n) is 3.43. The molecule has 0 spiro atoms. The molecular formula is C11H6BrNO4S2. The summed E-state index contributed by atoms with van der Waals surface area (Å²) in [5, 5.41) is 21.2. The molecule has 0 aliphatic heterocycles. The van der Waals surface area contributed by atoms with Crippen LogP contribution in [0.2, 0.25) is 0 Å². The lowest BCUT2D eigenvalue weighted by Gasteiger charge is -2.02. The average molecular weight is 360 g/mol. The van der Waals surface area contributed by atoms with Crippen molar-refractivity contribution in [3.8, 4) is 0 Å². The summed E-state index contributed by atoms with van der Waals surface area (Å²) in [6.07, 6.45) is 0. The Kier molecular flexibility index (Phi) is 4.23. The largest absolute Gasteiger partial charge is 0.477 e. The number of halogens is 1. The summed E-state index contributed by atoms with van der Waals surface area (Å²) >= 11 is 5.77. The number of nitrogens with zero attached hydrogens (tertiary/aromatic N) is 1. The van der Waals surface area contributed by atoms with Crippen LogP contribution in [0.5, 0.6) is 0 Å². The van der Waals surface area contributed by atoms with Crippen LogP contribution in [0, 0.1) is 10.1 Å². The first-order valence-electron chi connectivity index (χ1n) is 4.91. The molecule has 1 aromatic carbocycles. The van der Waals surface area contributed by atoms with E-state index >= 15 is 0 Å². The van der Waals surface area contributed by atoms with Crippen molar-refractivity contribution in [1.82, 2.24) is 0 Å². The molecule has 0 aliphatic rings. The lowest BCUT2D eigenvalue weighted by molar-refractivity contribution is -0.385. The zero-order valence-electron chi connectivity index (χ0n) is 9.20. The van der Waals surface area contributed by atoms with Gasteiger partial charge in [0.2, 0.25) is 0 Å². The molecule has 0 saturated heterocycles. The lowest BCUT2D eigenvalue weighted by atomic mass is 10.3. The van der Waals surface area contributed by atoms with Crippen LogP contribution in [0.3, 0.4) is 0 Å². The highest BCUT2D eigenvalue weighted by Crippen LogP contribution is 2.37. The predicted molar refractivity (Wildman–Crippen MR) is 76.2 cm³/mol. The standard InChI is InChI=1S/C11H6BrNO4S2/c12-8-3-6(13(16)17)1-2-9(8)19-7-4-10(11(14)15)18-5-7/h1-5H,(H,14,15). The van der Waals surface area contributed by atoms with Crippen molar-refractivity contribution in [3.63, 3.8) is 0 Å². The fourth-order valence-electron chi connectivity index (χ4n) is 1.30. The van der Waals surface area contributed by atoms with Gasteiger partial charge in [-0.15, -0.1) is 11.3 Å². The molecule has 1 N–H and O–H groups in total. The first-order chi connectivity index (χ1) is 8.97. The number of carbonyl (C=O) groups is 1. The highest BCUT2D eigenvalue weighted by molar-refractivity contribution is 9.10. The zero-order valence-corrected chi connectivity index (χ0v) is 12.4. The van der Waals surface area contributed by atoms with Crippen molar-refractivity contribution < 1.29 is 14.8 Å². The quantitative estimate of drug-likeness (QED) is 0.651. The van der Waals surface area contributed by atoms with Gasteiger partial charge in [0.25, 0.3) is 5.69 Å². The van der Waals surface area contributed by atoms with Gasteiger partial charge in [-0.2, -0.15) is 0 Å². The van der Waals surface area contributed by atoms with Crippen LogP contribution in [0.25, 0.3) is 0 Å². The Balaban J connectivity index is 2.23. The number of non-ortho nitro benzene ring substituents is 1. The average Bonchev–Trinajstić information content (AvgIpc) is 2.80. The molecule has 0 atom stereocenters. The van der Waals surface area contributed by atoms with Crippen molar-refractivity contribution in [2.24, 2.45) is 0 Å². The molecule has 0 unspecified atom stereocenters. The van der Waals surface area contributed by atoms with E-state index in [-0.39, 0.29) is 10.6 Å². The molecule has 2 aromatic rings. The Hall–Kier alpha value is -1.38. The van der Waals surface area contributed by atoms with Crippen LogP contribution in [0.15, 0.2) is 43.9 Å². The maximum Gasteiger partial charge on any atom is 0.345 e. The van der Waals surface area contributed by atoms with E-state index < -0.39 is 10.9 Å². The van der Waals surface area contributed by atoms with Gasteiger partial charge in [0.15, 0.2) is 0 Å². The van der Waals surface area contributed by atoms with Gasteiger partial charge in [-0.1, -0.05) is 11.8 Å². The van der Waals surface area contributed by atoms with Crippen LogP contribution in [-0.2, 0) is 0 Å². The summed E-state index contributed by atoms with van der Waals surface area (Å²) in [6, 6.07) is 6.04. The summed E-state index contributed by atoms with van der Waals surface area (Å²) < 4.78 is 0.606. The molecule has 5 nitrogen and oxygen atoms in total. The first-order valence-corrected chi connectivity index (χ1v) is 7.40. The number of rotatable bonds is 4. The van der Waals surface area contributed by atoms with Crippen molar-refractivity contribution in [2.75, 3.05) is 0 Å². The molecule has 0 saturated carbocycles. The molecule has 8 heteroatoms. The van der Waals surface area contributed by atoms with Gasteiger partial charge >= 0.3 is 5.97 Å². The molecule has 0 radical (unpaired) electrons. The molecule has 0 aliphatic carbocycles. The van der Waals surface area contributed by atoms with E-state index in [1.165, 1.54) is 23.9 Å². The number of hydrogen-bond donors (Lipinski definition) is 1. The highest BCUT2D eigenvalue weighted by Gasteiger charge is 2.12. The summed E-state index contributed by atoms with van der Waals surface area (Å²) in [6.45, 7) is 0. The van der Waals surface area contributed by atoms with E-state index in [1.807, 2.05) is 0 Å². The Morgan fingerprint density at radius 2 is 2.16 bits per heavy atom. The first kappa shape index (κ1) is 14.0. The van der Waals surface area contributed by atoms with Crippen molar-refractivity contribution in [3.05, 3.63) is 49.1 Å². The molecule has 0 bridgehead atoms. The third kappa shape index (κ3) is 3.34. The maximum atomic E-state index is 10.8. The predicted octanol–water partition coefficient (Wildman–Crippen LogP) is 4.27. The molecule has 19 heavy (non-hydrogen) atoms. The molecule has 2 rings (SSSR count). The molecule has 0 amide bonds. The van der Waals surface area contributed by atoms with E-state index in [2.05, 4.69) is 15.9 Å². The fraction of sp³-hybridized carbons (Fsp3) is 0. The van der Waals surface area contributed by atoms with E-state index in [0.29, 0.717) is 4.47 Å². The summed E-state index contributed by atoms with van der Waals surface area (Å²) in [4.78, 5) is 22.8. The van der Waals surface area contributed by atoms with Crippen LogP contribution in [0.1, 0.15) is 9.67 Å². The number of hydrogen-bond acceptors (Lipinski definition) is 5. The van der Waals surface area contributed by atoms with Crippen LogP contribution in [-0.4, -0.2) is 16.0 Å². The maximum absolute atomic E-state index is 10.8. The fourth-order valence-corrected chi connectivity index (χ4v) is 3.65. The Morgan fingerprint density at radius 1 is 1.42 bits per heavy atom. The van der Waals surface area contributed by atoms with Crippen LogP contribution in [0.4, 0.5) is 5.69 Å². The summed E-state index contributed by atoms with van der Waals surface area (Å²) in [5.41, 5.74) is 0.00719. The second-order valence-corrected chi connectivity index (χ2v) is 6.31. The number of carboxylic acid groups (broad SMARTS) is 1. The third-order valence-corrected chi connectivity index (χ3v) is 5.17. The van der Waals surface area contributed by atoms with Gasteiger partial charge in [0.05, 0.1) is 4.92 Å². The SMILES string of the molecule is O=C(O)c1cc(Sc2ccc([N+](=O)[O-])cc2Br)cs1. The van der Waals surface area contributed by atoms with Crippen LogP contribution >= 0.6 is 39.0 Å². The minimum Gasteiger partial charge on any atom is -0.477 e. The summed E-state index contributed by atoms with van der Waals surface area (Å²) in [7, 11) is 0. The zero-order chi connectivity index (χ0) is 14.0. The topological polar surface area (TPSA) is 80.4 Å². The van der Waals surface area contributed by atoms with Gasteiger partial charge in [-0.05, 0) is 28.1 Å². The van der Waals surface area contributed by atoms with Gasteiger partial charge < -0.3 is 5.11 Å². The second kappa shape index (κ2) is 5.72. The van der Waals surface area contributed by atoms with E-state index in [1.54, 1.807) is 17.5 Å². The number of benzene rings is 1. The Labute approximate surface area is 124 Å². The van der Waals surface area contributed by atoms with Crippen molar-refractivity contribution in [2.45, 2.75) is 9.79 Å². The van der Waals surface area contributed by atoms with Gasteiger partial charge in [0, 0.05) is 31.8 Å². The molecular weight excluding hydrogens is 354 g/mol. The minimum atomic E-state index is -0.959. The van der Waals surface area contributed by atoms with Gasteiger partial charge in [-0.3, -0.25) is 10.1 Å². The molecule has 98 valence electrons. The van der Waals surface area contributed by atoms with E-state index in [9.17, 15) is 14.9 Å². The highest BCUT2D eigenvalue weighted by atomic mass is 79.9. The normalized spacial score (nSPS) is 10.4. The number of carboxylic acids is 1. The monoisotopic (exact) mass is 359 g/mol. The third-order valence-electron chi connectivity index (χ3n) is 2.14. The molecule has 1 aromatic heterocycles. The van der Waals surface area contributed by atoms with E-state index in [4.69, 9.17) is 5.11 Å². The number of thiophene rings is 1. The number of aromatic carboxylic acids is 1. The summed E-state index contributed by atoms with van der Waals surface area (Å²) in [5.74, 6) is -0.959. The Morgan fingerprint density at radius 3 is 2.68 bits per heavy atom. The van der Waals surface area contributed by atoms with Crippen LogP contribution < -0.4 is 0 Å².